The van der Waals surface area contributed by atoms with Gasteiger partial charge in [0.2, 0.25) is 0 Å². The van der Waals surface area contributed by atoms with Crippen LogP contribution >= 0.6 is 11.3 Å². The highest BCUT2D eigenvalue weighted by Gasteiger charge is 2.11. The van der Waals surface area contributed by atoms with Crippen LogP contribution in [0.5, 0.6) is 0 Å². The molecule has 0 atom stereocenters. The predicted octanol–water partition coefficient (Wildman–Crippen LogP) is 4.00. The molecule has 6 nitrogen and oxygen atoms in total. The van der Waals surface area contributed by atoms with Crippen LogP contribution in [0.2, 0.25) is 0 Å². The van der Waals surface area contributed by atoms with E-state index in [1.54, 1.807) is 30.1 Å². The van der Waals surface area contributed by atoms with Gasteiger partial charge in [-0.05, 0) is 25.0 Å². The van der Waals surface area contributed by atoms with Gasteiger partial charge in [0, 0.05) is 16.6 Å². The number of hydrogen-bond acceptors (Lipinski definition) is 6. The van der Waals surface area contributed by atoms with E-state index in [4.69, 9.17) is 0 Å². The van der Waals surface area contributed by atoms with Crippen molar-refractivity contribution in [1.82, 2.24) is 19.7 Å². The van der Waals surface area contributed by atoms with Crippen molar-refractivity contribution in [3.8, 4) is 0 Å². The minimum Gasteiger partial charge on any atom is -0.268 e. The van der Waals surface area contributed by atoms with Gasteiger partial charge in [0.05, 0.1) is 24.3 Å². The van der Waals surface area contributed by atoms with Crippen molar-refractivity contribution < 1.29 is 0 Å². The van der Waals surface area contributed by atoms with Crippen molar-refractivity contribution >= 4 is 33.6 Å². The van der Waals surface area contributed by atoms with Crippen LogP contribution in [0.3, 0.4) is 0 Å². The van der Waals surface area contributed by atoms with E-state index in [0.717, 1.165) is 28.1 Å². The fourth-order valence-electron chi connectivity index (χ4n) is 2.74. The van der Waals surface area contributed by atoms with E-state index in [2.05, 4.69) is 51.6 Å². The lowest BCUT2D eigenvalue weighted by atomic mass is 10.2. The van der Waals surface area contributed by atoms with Crippen LogP contribution in [0.4, 0.5) is 5.82 Å². The molecule has 0 bridgehead atoms. The first-order valence-corrected chi connectivity index (χ1v) is 9.08. The second kappa shape index (κ2) is 7.05. The number of thiophene rings is 1. The highest BCUT2D eigenvalue weighted by atomic mass is 32.1. The molecule has 1 aromatic carbocycles. The first kappa shape index (κ1) is 16.4. The summed E-state index contributed by atoms with van der Waals surface area (Å²) in [6.07, 6.45) is 7.07. The van der Waals surface area contributed by atoms with E-state index in [1.807, 2.05) is 29.1 Å². The molecule has 0 fully saturated rings. The summed E-state index contributed by atoms with van der Waals surface area (Å²) in [6.45, 7) is 4.91. The summed E-state index contributed by atoms with van der Waals surface area (Å²) in [4.78, 5) is 10.9. The third-order valence-corrected chi connectivity index (χ3v) is 5.31. The van der Waals surface area contributed by atoms with Crippen molar-refractivity contribution in [2.75, 3.05) is 5.43 Å². The normalized spacial score (nSPS) is 11.5. The lowest BCUT2D eigenvalue weighted by molar-refractivity contribution is 0.687. The monoisotopic (exact) mass is 362 g/mol. The second-order valence-electron chi connectivity index (χ2n) is 6.01. The molecule has 3 aromatic heterocycles. The largest absolute Gasteiger partial charge is 0.268 e. The van der Waals surface area contributed by atoms with Crippen LogP contribution in [-0.2, 0) is 6.54 Å². The molecule has 4 rings (SSSR count). The zero-order valence-corrected chi connectivity index (χ0v) is 15.4. The van der Waals surface area contributed by atoms with E-state index in [-0.39, 0.29) is 0 Å². The van der Waals surface area contributed by atoms with Crippen LogP contribution in [0.15, 0.2) is 54.2 Å². The van der Waals surface area contributed by atoms with Crippen LogP contribution in [-0.4, -0.2) is 26.0 Å². The Morgan fingerprint density at radius 2 is 2.04 bits per heavy atom. The molecule has 4 aromatic rings. The minimum absolute atomic E-state index is 0.727. The van der Waals surface area contributed by atoms with Gasteiger partial charge in [0.15, 0.2) is 5.82 Å². The Labute approximate surface area is 155 Å². The van der Waals surface area contributed by atoms with Crippen molar-refractivity contribution in [2.24, 2.45) is 5.10 Å². The van der Waals surface area contributed by atoms with Gasteiger partial charge in [0.25, 0.3) is 0 Å². The van der Waals surface area contributed by atoms with Gasteiger partial charge < -0.3 is 0 Å². The molecule has 0 unspecified atom stereocenters. The number of hydrazone groups is 1. The summed E-state index contributed by atoms with van der Waals surface area (Å²) in [5, 5.41) is 9.73. The molecule has 7 heteroatoms. The fraction of sp³-hybridized carbons (Fsp3) is 0.158. The van der Waals surface area contributed by atoms with E-state index in [1.165, 1.54) is 16.0 Å². The number of aryl methyl sites for hydroxylation is 2. The number of nitrogens with one attached hydrogen (secondary N) is 1. The third-order valence-electron chi connectivity index (χ3n) is 4.19. The van der Waals surface area contributed by atoms with Gasteiger partial charge in [-0.1, -0.05) is 30.3 Å². The fourth-order valence-corrected chi connectivity index (χ4v) is 3.74. The Balaban J connectivity index is 1.48. The molecular formula is C19H18N6S. The maximum Gasteiger partial charge on any atom is 0.158 e. The van der Waals surface area contributed by atoms with Crippen molar-refractivity contribution in [3.63, 3.8) is 0 Å². The summed E-state index contributed by atoms with van der Waals surface area (Å²) >= 11 is 1.67. The summed E-state index contributed by atoms with van der Waals surface area (Å²) in [5.74, 6) is 0.727. The standard InChI is InChI=1S/C19H18N6S/c1-13-14(2)26-19-17(13)18(20-12-21-19)24-22-8-16-9-23-25(11-16)10-15-6-4-3-5-7-15/h3-9,11-12H,10H2,1-2H3,(H,20,21,24)/b22-8-. The third kappa shape index (κ3) is 3.34. The Kier molecular flexibility index (Phi) is 4.45. The van der Waals surface area contributed by atoms with Gasteiger partial charge in [0.1, 0.15) is 11.2 Å². The van der Waals surface area contributed by atoms with E-state index < -0.39 is 0 Å². The zero-order chi connectivity index (χ0) is 17.9. The topological polar surface area (TPSA) is 68.0 Å². The number of nitrogens with zero attached hydrogens (tertiary/aromatic N) is 5. The molecular weight excluding hydrogens is 344 g/mol. The van der Waals surface area contributed by atoms with E-state index in [0.29, 0.717) is 0 Å². The lowest BCUT2D eigenvalue weighted by Gasteiger charge is -2.01. The number of fused-ring (bicyclic) bond motifs is 1. The number of hydrogen-bond donors (Lipinski definition) is 1. The van der Waals surface area contributed by atoms with Gasteiger partial charge in [-0.3, -0.25) is 10.1 Å². The van der Waals surface area contributed by atoms with Crippen LogP contribution in [0, 0.1) is 13.8 Å². The Morgan fingerprint density at radius 3 is 2.88 bits per heavy atom. The van der Waals surface area contributed by atoms with Crippen LogP contribution in [0.1, 0.15) is 21.6 Å². The molecule has 0 aliphatic rings. The zero-order valence-electron chi connectivity index (χ0n) is 14.5. The van der Waals surface area contributed by atoms with Crippen LogP contribution in [0.25, 0.3) is 10.2 Å². The Hall–Kier alpha value is -3.06. The molecule has 0 saturated heterocycles. The van der Waals surface area contributed by atoms with E-state index >= 15 is 0 Å². The number of aromatic nitrogens is 4. The lowest BCUT2D eigenvalue weighted by Crippen LogP contribution is -1.99. The first-order chi connectivity index (χ1) is 12.7. The number of benzene rings is 1. The molecule has 0 aliphatic carbocycles. The smallest absolute Gasteiger partial charge is 0.158 e. The highest BCUT2D eigenvalue weighted by Crippen LogP contribution is 2.32. The maximum absolute atomic E-state index is 4.38. The highest BCUT2D eigenvalue weighted by molar-refractivity contribution is 7.18. The maximum atomic E-state index is 4.38. The Morgan fingerprint density at radius 1 is 1.19 bits per heavy atom. The van der Waals surface area contributed by atoms with Crippen molar-refractivity contribution in [3.05, 3.63) is 70.6 Å². The molecule has 0 radical (unpaired) electrons. The predicted molar refractivity (Wildman–Crippen MR) is 106 cm³/mol. The molecule has 0 amide bonds. The summed E-state index contributed by atoms with van der Waals surface area (Å²) in [7, 11) is 0. The summed E-state index contributed by atoms with van der Waals surface area (Å²) < 4.78 is 1.89. The average Bonchev–Trinajstić information content (AvgIpc) is 3.21. The molecule has 0 saturated carbocycles. The average molecular weight is 362 g/mol. The molecule has 0 aliphatic heterocycles. The molecule has 0 spiro atoms. The summed E-state index contributed by atoms with van der Waals surface area (Å²) in [6, 6.07) is 10.2. The van der Waals surface area contributed by atoms with Gasteiger partial charge in [-0.2, -0.15) is 10.2 Å². The van der Waals surface area contributed by atoms with Gasteiger partial charge in [-0.15, -0.1) is 11.3 Å². The minimum atomic E-state index is 0.727. The molecule has 26 heavy (non-hydrogen) atoms. The summed E-state index contributed by atoms with van der Waals surface area (Å²) in [5.41, 5.74) is 6.37. The van der Waals surface area contributed by atoms with Gasteiger partial charge >= 0.3 is 0 Å². The SMILES string of the molecule is Cc1sc2ncnc(N/N=C\c3cnn(Cc4ccccc4)c3)c2c1C. The van der Waals surface area contributed by atoms with E-state index in [9.17, 15) is 0 Å². The number of rotatable bonds is 5. The first-order valence-electron chi connectivity index (χ1n) is 8.27. The molecule has 3 heterocycles. The van der Waals surface area contributed by atoms with Crippen LogP contribution < -0.4 is 5.43 Å². The van der Waals surface area contributed by atoms with Gasteiger partial charge in [-0.25, -0.2) is 9.97 Å². The number of anilines is 1. The quantitative estimate of drug-likeness (QED) is 0.430. The van der Waals surface area contributed by atoms with Crippen molar-refractivity contribution in [1.29, 1.82) is 0 Å². The molecule has 130 valence electrons. The molecule has 1 N–H and O–H groups in total. The second-order valence-corrected chi connectivity index (χ2v) is 7.22. The Bertz CT molecular complexity index is 1060. The van der Waals surface area contributed by atoms with Crippen molar-refractivity contribution in [2.45, 2.75) is 20.4 Å².